The van der Waals surface area contributed by atoms with Crippen LogP contribution in [0.3, 0.4) is 0 Å². The summed E-state index contributed by atoms with van der Waals surface area (Å²) in [6, 6.07) is 10.8. The van der Waals surface area contributed by atoms with Crippen LogP contribution >= 0.6 is 0 Å². The van der Waals surface area contributed by atoms with Gasteiger partial charge in [-0.2, -0.15) is 13.2 Å². The Hall–Kier alpha value is -4.77. The Morgan fingerprint density at radius 1 is 0.933 bits per heavy atom. The first kappa shape index (κ1) is 31.6. The molecule has 0 radical (unpaired) electrons. The first-order valence-corrected chi connectivity index (χ1v) is 14.5. The quantitative estimate of drug-likeness (QED) is 0.213. The molecule has 0 aliphatic rings. The molecule has 0 saturated carbocycles. The van der Waals surface area contributed by atoms with Crippen LogP contribution in [-0.2, 0) is 22.6 Å². The molecule has 0 amide bonds. The zero-order chi connectivity index (χ0) is 32.9. The Balaban J connectivity index is 1.75. The number of hydrogen-bond donors (Lipinski definition) is 1. The number of nitrogens with zero attached hydrogens (tertiary/aromatic N) is 5. The molecular formula is C28H20F7N5O4S. The van der Waals surface area contributed by atoms with Crippen molar-refractivity contribution in [3.05, 3.63) is 89.9 Å². The van der Waals surface area contributed by atoms with Gasteiger partial charge < -0.3 is 9.84 Å². The van der Waals surface area contributed by atoms with E-state index in [9.17, 15) is 39.9 Å². The van der Waals surface area contributed by atoms with Crippen molar-refractivity contribution >= 4 is 9.84 Å². The van der Waals surface area contributed by atoms with Crippen LogP contribution < -0.4 is 4.74 Å². The molecule has 0 unspecified atom stereocenters. The molecule has 2 heterocycles. The number of sulfone groups is 1. The van der Waals surface area contributed by atoms with Crippen LogP contribution in [0.15, 0.2) is 71.9 Å². The van der Waals surface area contributed by atoms with E-state index < -0.39 is 51.9 Å². The van der Waals surface area contributed by atoms with Crippen molar-refractivity contribution in [2.75, 3.05) is 6.26 Å². The number of imidazole rings is 1. The van der Waals surface area contributed by atoms with E-state index in [1.807, 2.05) is 0 Å². The second-order valence-corrected chi connectivity index (χ2v) is 11.7. The highest BCUT2D eigenvalue weighted by molar-refractivity contribution is 7.90. The minimum absolute atomic E-state index is 0.0739. The van der Waals surface area contributed by atoms with E-state index in [-0.39, 0.29) is 44.4 Å². The Bertz CT molecular complexity index is 2000. The second-order valence-electron chi connectivity index (χ2n) is 9.72. The third-order valence-electron chi connectivity index (χ3n) is 6.59. The number of benzene rings is 3. The van der Waals surface area contributed by atoms with Crippen molar-refractivity contribution in [3.8, 4) is 39.5 Å². The average Bonchev–Trinajstić information content (AvgIpc) is 3.58. The van der Waals surface area contributed by atoms with Gasteiger partial charge in [-0.15, -0.1) is 18.3 Å². The normalized spacial score (nSPS) is 12.5. The topological polar surface area (TPSA) is 112 Å². The third-order valence-corrected chi connectivity index (χ3v) is 7.77. The fraction of sp³-hybridized carbons (Fsp3) is 0.179. The molecule has 0 saturated heterocycles. The van der Waals surface area contributed by atoms with Gasteiger partial charge in [0.2, 0.25) is 0 Å². The van der Waals surface area contributed by atoms with Gasteiger partial charge in [0.15, 0.2) is 15.5 Å². The number of aromatic nitrogens is 5. The predicted molar refractivity (Wildman–Crippen MR) is 145 cm³/mol. The lowest BCUT2D eigenvalue weighted by Crippen LogP contribution is -2.17. The third kappa shape index (κ3) is 6.53. The molecule has 0 bridgehead atoms. The fourth-order valence-electron chi connectivity index (χ4n) is 4.63. The minimum atomic E-state index is -4.94. The first-order chi connectivity index (χ1) is 21.0. The van der Waals surface area contributed by atoms with Crippen molar-refractivity contribution < 1.29 is 49.0 Å². The first-order valence-electron chi connectivity index (χ1n) is 12.6. The van der Waals surface area contributed by atoms with Gasteiger partial charge in [-0.05, 0) is 66.1 Å². The van der Waals surface area contributed by atoms with Gasteiger partial charge >= 0.3 is 12.5 Å². The van der Waals surface area contributed by atoms with Crippen LogP contribution in [0.2, 0.25) is 0 Å². The van der Waals surface area contributed by atoms with Crippen molar-refractivity contribution in [2.45, 2.75) is 31.0 Å². The van der Waals surface area contributed by atoms with Crippen molar-refractivity contribution in [3.63, 3.8) is 0 Å². The number of aliphatic hydroxyl groups excluding tert-OH is 1. The number of aryl methyl sites for hydroxylation is 1. The summed E-state index contributed by atoms with van der Waals surface area (Å²) in [5.74, 6) is -1.82. The summed E-state index contributed by atoms with van der Waals surface area (Å²) in [6.07, 6.45) is -7.08. The van der Waals surface area contributed by atoms with E-state index in [2.05, 4.69) is 20.0 Å². The molecule has 5 rings (SSSR count). The number of ether oxygens (including phenoxy) is 1. The largest absolute Gasteiger partial charge is 0.573 e. The summed E-state index contributed by atoms with van der Waals surface area (Å²) in [4.78, 5) is 3.28. The maximum Gasteiger partial charge on any atom is 0.573 e. The molecule has 0 fully saturated rings. The summed E-state index contributed by atoms with van der Waals surface area (Å²) >= 11 is 0. The molecule has 3 aromatic carbocycles. The number of alkyl halides is 6. The van der Waals surface area contributed by atoms with Crippen molar-refractivity contribution in [1.82, 2.24) is 24.5 Å². The zero-order valence-corrected chi connectivity index (χ0v) is 23.8. The number of hydrogen-bond acceptors (Lipinski definition) is 7. The highest BCUT2D eigenvalue weighted by Crippen LogP contribution is 2.36. The highest BCUT2D eigenvalue weighted by atomic mass is 32.2. The fourth-order valence-corrected chi connectivity index (χ4v) is 5.58. The average molecular weight is 656 g/mol. The summed E-state index contributed by atoms with van der Waals surface area (Å²) in [6.45, 7) is 0.623. The maximum atomic E-state index is 16.1. The Kier molecular flexibility index (Phi) is 7.95. The summed E-state index contributed by atoms with van der Waals surface area (Å²) in [5.41, 5.74) is -1.23. The van der Waals surface area contributed by atoms with Crippen LogP contribution in [0.25, 0.3) is 33.8 Å². The molecule has 5 aromatic rings. The van der Waals surface area contributed by atoms with Crippen LogP contribution in [0.5, 0.6) is 5.75 Å². The molecule has 0 atom stereocenters. The predicted octanol–water partition coefficient (Wildman–Crippen LogP) is 6.05. The molecule has 0 spiro atoms. The standard InChI is InChI=1S/C28H20F7N5O4S/c1-15-37-25(27(30,31)32)13-39(15)26-21(29)9-19(17-3-4-18(14-41)24(11-17)45(2,42)43)10-22(26)40-23(12-36-38-40)16-5-7-20(8-6-16)44-28(33,34)35/h3-13,41H,14H2,1-2H3. The van der Waals surface area contributed by atoms with E-state index >= 15 is 4.39 Å². The monoisotopic (exact) mass is 655 g/mol. The SMILES string of the molecule is Cc1nc(C(F)(F)F)cn1-c1c(F)cc(-c2ccc(CO)c(S(C)(=O)=O)c2)cc1-n1nncc1-c1ccc(OC(F)(F)F)cc1. The van der Waals surface area contributed by atoms with E-state index in [0.717, 1.165) is 33.7 Å². The number of halogens is 7. The highest BCUT2D eigenvalue weighted by Gasteiger charge is 2.35. The van der Waals surface area contributed by atoms with Crippen molar-refractivity contribution in [1.29, 1.82) is 0 Å². The number of rotatable bonds is 7. The lowest BCUT2D eigenvalue weighted by molar-refractivity contribution is -0.274. The Labute approximate surface area is 250 Å². The molecule has 17 heteroatoms. The van der Waals surface area contributed by atoms with E-state index in [1.165, 1.54) is 49.5 Å². The molecule has 236 valence electrons. The second kappa shape index (κ2) is 11.3. The smallest absolute Gasteiger partial charge is 0.406 e. The van der Waals surface area contributed by atoms with E-state index in [0.29, 0.717) is 6.20 Å². The maximum absolute atomic E-state index is 16.1. The van der Waals surface area contributed by atoms with Crippen LogP contribution in [-0.4, -0.2) is 50.7 Å². The summed E-state index contributed by atoms with van der Waals surface area (Å²) in [7, 11) is -3.85. The summed E-state index contributed by atoms with van der Waals surface area (Å²) in [5, 5.41) is 17.4. The van der Waals surface area contributed by atoms with Gasteiger partial charge in [-0.1, -0.05) is 17.3 Å². The van der Waals surface area contributed by atoms with Crippen LogP contribution in [0.1, 0.15) is 17.1 Å². The molecular weight excluding hydrogens is 635 g/mol. The van der Waals surface area contributed by atoms with Gasteiger partial charge in [-0.25, -0.2) is 22.5 Å². The van der Waals surface area contributed by atoms with E-state index in [1.54, 1.807) is 0 Å². The Morgan fingerprint density at radius 3 is 2.18 bits per heavy atom. The van der Waals surface area contributed by atoms with Gasteiger partial charge in [0.05, 0.1) is 29.1 Å². The lowest BCUT2D eigenvalue weighted by Gasteiger charge is -2.17. The van der Waals surface area contributed by atoms with Gasteiger partial charge in [0.25, 0.3) is 0 Å². The Morgan fingerprint density at radius 2 is 1.60 bits per heavy atom. The van der Waals surface area contributed by atoms with Gasteiger partial charge in [0.1, 0.15) is 23.1 Å². The number of aliphatic hydroxyl groups is 1. The van der Waals surface area contributed by atoms with Gasteiger partial charge in [0, 0.05) is 18.0 Å². The minimum Gasteiger partial charge on any atom is -0.406 e. The molecule has 1 N–H and O–H groups in total. The zero-order valence-electron chi connectivity index (χ0n) is 23.0. The van der Waals surface area contributed by atoms with Crippen molar-refractivity contribution in [2.24, 2.45) is 0 Å². The summed E-state index contributed by atoms with van der Waals surface area (Å²) < 4.78 is 125. The lowest BCUT2D eigenvalue weighted by atomic mass is 10.0. The molecule has 9 nitrogen and oxygen atoms in total. The van der Waals surface area contributed by atoms with Gasteiger partial charge in [-0.3, -0.25) is 4.57 Å². The molecule has 2 aromatic heterocycles. The van der Waals surface area contributed by atoms with Crippen LogP contribution in [0, 0.1) is 12.7 Å². The molecule has 45 heavy (non-hydrogen) atoms. The van der Waals surface area contributed by atoms with E-state index in [4.69, 9.17) is 0 Å². The molecule has 0 aliphatic carbocycles. The molecule has 0 aliphatic heterocycles. The van der Waals surface area contributed by atoms with Crippen LogP contribution in [0.4, 0.5) is 30.7 Å².